The summed E-state index contributed by atoms with van der Waals surface area (Å²) in [5.74, 6) is -3.40. The van der Waals surface area contributed by atoms with E-state index in [9.17, 15) is 18.4 Å². The molecular weight excluding hydrogens is 540 g/mol. The second-order valence-corrected chi connectivity index (χ2v) is 11.8. The molecule has 218 valence electrons. The van der Waals surface area contributed by atoms with Crippen molar-refractivity contribution in [3.8, 4) is 5.75 Å². The van der Waals surface area contributed by atoms with Gasteiger partial charge in [-0.15, -0.1) is 0 Å². The van der Waals surface area contributed by atoms with E-state index in [1.54, 1.807) is 22.9 Å². The third-order valence-corrected chi connectivity index (χ3v) is 8.51. The smallest absolute Gasteiger partial charge is 0.270 e. The van der Waals surface area contributed by atoms with Crippen LogP contribution in [0.15, 0.2) is 59.2 Å². The lowest BCUT2D eigenvalue weighted by molar-refractivity contribution is -0.119. The zero-order chi connectivity index (χ0) is 29.8. The maximum Gasteiger partial charge on any atom is 0.270 e. The molecule has 0 radical (unpaired) electrons. The predicted octanol–water partition coefficient (Wildman–Crippen LogP) is 5.68. The highest BCUT2D eigenvalue weighted by atomic mass is 19.1. The van der Waals surface area contributed by atoms with Crippen LogP contribution in [0.2, 0.25) is 0 Å². The van der Waals surface area contributed by atoms with Crippen LogP contribution in [-0.2, 0) is 4.79 Å². The summed E-state index contributed by atoms with van der Waals surface area (Å²) in [6.07, 6.45) is 2.92. The van der Waals surface area contributed by atoms with E-state index in [1.165, 1.54) is 17.8 Å². The molecule has 1 saturated carbocycles. The standard InChI is InChI=1S/C32H33F2N5O3/c1-17(2)39-25(9-12-36-39)30(40)38-28(27-23-13-21(33)14-24(34)29(23)42-16-32(27)10-11-32)31(41)37-22-7-5-20(6-8-22)26-18(3)15-35-19(26)4/h5-9,12-14,17,27-28H,10-11,15-16H2,1-4H3,(H,37,41)(H,38,40)/t27?,28-/m0/s1. The fourth-order valence-electron chi connectivity index (χ4n) is 6.27. The third kappa shape index (κ3) is 4.88. The van der Waals surface area contributed by atoms with Crippen LogP contribution in [0.4, 0.5) is 14.5 Å². The first-order valence-corrected chi connectivity index (χ1v) is 14.2. The Bertz CT molecular complexity index is 1640. The Kier molecular flexibility index (Phi) is 6.95. The van der Waals surface area contributed by atoms with Gasteiger partial charge in [0.05, 0.1) is 13.2 Å². The quantitative estimate of drug-likeness (QED) is 0.380. The van der Waals surface area contributed by atoms with Crippen molar-refractivity contribution in [1.29, 1.82) is 0 Å². The number of hydrogen-bond donors (Lipinski definition) is 2. The van der Waals surface area contributed by atoms with Crippen molar-refractivity contribution >= 4 is 28.8 Å². The minimum Gasteiger partial charge on any atom is -0.490 e. The average Bonchev–Trinajstić information content (AvgIpc) is 3.36. The molecule has 2 atom stereocenters. The molecule has 0 bridgehead atoms. The lowest BCUT2D eigenvalue weighted by atomic mass is 9.75. The Morgan fingerprint density at radius 3 is 2.48 bits per heavy atom. The van der Waals surface area contributed by atoms with Gasteiger partial charge in [-0.05, 0) is 75.9 Å². The zero-order valence-electron chi connectivity index (χ0n) is 24.0. The molecule has 1 aliphatic carbocycles. The molecule has 3 aromatic rings. The number of halogens is 2. The lowest BCUT2D eigenvalue weighted by Gasteiger charge is -2.38. The molecule has 2 aliphatic heterocycles. The number of carbonyl (C=O) groups excluding carboxylic acids is 2. The van der Waals surface area contributed by atoms with Crippen molar-refractivity contribution in [3.63, 3.8) is 0 Å². The number of aliphatic imine (C=N–C) groups is 1. The first kappa shape index (κ1) is 27.8. The molecule has 1 spiro atoms. The summed E-state index contributed by atoms with van der Waals surface area (Å²) >= 11 is 0. The van der Waals surface area contributed by atoms with Crippen molar-refractivity contribution in [2.45, 2.75) is 58.5 Å². The lowest BCUT2D eigenvalue weighted by Crippen LogP contribution is -2.52. The van der Waals surface area contributed by atoms with Gasteiger partial charge < -0.3 is 15.4 Å². The summed E-state index contributed by atoms with van der Waals surface area (Å²) in [5, 5.41) is 10.1. The van der Waals surface area contributed by atoms with Gasteiger partial charge in [0.1, 0.15) is 17.6 Å². The number of hydrogen-bond acceptors (Lipinski definition) is 5. The molecule has 3 heterocycles. The Labute approximate surface area is 242 Å². The number of ether oxygens (including phenoxy) is 1. The van der Waals surface area contributed by atoms with Crippen LogP contribution < -0.4 is 15.4 Å². The van der Waals surface area contributed by atoms with Gasteiger partial charge in [0, 0.05) is 52.2 Å². The molecule has 2 amide bonds. The maximum atomic E-state index is 14.9. The van der Waals surface area contributed by atoms with Crippen LogP contribution in [0.25, 0.3) is 5.57 Å². The third-order valence-electron chi connectivity index (χ3n) is 8.51. The number of benzene rings is 2. The first-order valence-electron chi connectivity index (χ1n) is 14.2. The topological polar surface area (TPSA) is 97.6 Å². The van der Waals surface area contributed by atoms with Crippen molar-refractivity contribution in [2.24, 2.45) is 10.4 Å². The molecule has 2 N–H and O–H groups in total. The first-order chi connectivity index (χ1) is 20.1. The van der Waals surface area contributed by atoms with Gasteiger partial charge in [0.15, 0.2) is 11.6 Å². The van der Waals surface area contributed by atoms with Crippen molar-refractivity contribution in [3.05, 3.63) is 82.7 Å². The molecule has 3 aliphatic rings. The second kappa shape index (κ2) is 10.5. The highest BCUT2D eigenvalue weighted by Crippen LogP contribution is 2.61. The molecule has 6 rings (SSSR count). The number of nitrogens with one attached hydrogen (secondary N) is 2. The Morgan fingerprint density at radius 2 is 1.83 bits per heavy atom. The number of fused-ring (bicyclic) bond motifs is 1. The summed E-state index contributed by atoms with van der Waals surface area (Å²) in [5.41, 5.74) is 4.77. The van der Waals surface area contributed by atoms with Gasteiger partial charge in [-0.2, -0.15) is 5.10 Å². The van der Waals surface area contributed by atoms with E-state index in [0.29, 0.717) is 25.1 Å². The number of anilines is 1. The summed E-state index contributed by atoms with van der Waals surface area (Å²) in [4.78, 5) is 32.2. The molecule has 42 heavy (non-hydrogen) atoms. The number of carbonyl (C=O) groups is 2. The van der Waals surface area contributed by atoms with Crippen LogP contribution >= 0.6 is 0 Å². The van der Waals surface area contributed by atoms with Gasteiger partial charge in [-0.25, -0.2) is 8.78 Å². The Hall–Kier alpha value is -4.34. The molecule has 8 nitrogen and oxygen atoms in total. The summed E-state index contributed by atoms with van der Waals surface area (Å²) in [7, 11) is 0. The van der Waals surface area contributed by atoms with Crippen molar-refractivity contribution in [1.82, 2.24) is 15.1 Å². The summed E-state index contributed by atoms with van der Waals surface area (Å²) < 4.78 is 36.7. The van der Waals surface area contributed by atoms with E-state index in [4.69, 9.17) is 4.74 Å². The number of rotatable bonds is 7. The van der Waals surface area contributed by atoms with Crippen molar-refractivity contribution < 1.29 is 23.1 Å². The minimum absolute atomic E-state index is 0.0835. The normalized spacial score (nSPS) is 19.3. The van der Waals surface area contributed by atoms with Crippen molar-refractivity contribution in [2.75, 3.05) is 18.5 Å². The van der Waals surface area contributed by atoms with Gasteiger partial charge in [-0.1, -0.05) is 12.1 Å². The van der Waals surface area contributed by atoms with Gasteiger partial charge >= 0.3 is 0 Å². The Morgan fingerprint density at radius 1 is 1.10 bits per heavy atom. The number of allylic oxidation sites excluding steroid dienone is 1. The van der Waals surface area contributed by atoms with E-state index in [-0.39, 0.29) is 29.7 Å². The number of amides is 2. The summed E-state index contributed by atoms with van der Waals surface area (Å²) in [6, 6.07) is 9.77. The SMILES string of the molecule is CC1=NCC(C)=C1c1ccc(NC(=O)[C@@H](NC(=O)c2ccnn2C(C)C)C2c3cc(F)cc(F)c3OCC23CC3)cc1. The monoisotopic (exact) mass is 573 g/mol. The highest BCUT2D eigenvalue weighted by molar-refractivity contribution is 6.25. The van der Waals surface area contributed by atoms with Crippen LogP contribution in [0, 0.1) is 17.0 Å². The minimum atomic E-state index is -1.15. The van der Waals surface area contributed by atoms with Crippen LogP contribution in [0.3, 0.4) is 0 Å². The number of aromatic nitrogens is 2. The molecule has 0 saturated heterocycles. The molecular formula is C32H33F2N5O3. The Balaban J connectivity index is 1.36. The predicted molar refractivity (Wildman–Crippen MR) is 156 cm³/mol. The molecule has 1 aromatic heterocycles. The maximum absolute atomic E-state index is 14.9. The molecule has 2 aromatic carbocycles. The molecule has 1 fully saturated rings. The largest absolute Gasteiger partial charge is 0.490 e. The van der Waals surface area contributed by atoms with Gasteiger partial charge in [0.25, 0.3) is 5.91 Å². The zero-order valence-corrected chi connectivity index (χ0v) is 24.0. The highest BCUT2D eigenvalue weighted by Gasteiger charge is 2.58. The second-order valence-electron chi connectivity index (χ2n) is 11.8. The van der Waals surface area contributed by atoms with E-state index >= 15 is 0 Å². The van der Waals surface area contributed by atoms with E-state index in [2.05, 4.69) is 27.6 Å². The molecule has 10 heteroatoms. The fraction of sp³-hybridized carbons (Fsp3) is 0.375. The van der Waals surface area contributed by atoms with Gasteiger partial charge in [-0.3, -0.25) is 19.3 Å². The molecule has 1 unspecified atom stereocenters. The average molecular weight is 574 g/mol. The van der Waals surface area contributed by atoms with Crippen LogP contribution in [0.5, 0.6) is 5.75 Å². The van der Waals surface area contributed by atoms with E-state index in [1.807, 2.05) is 32.9 Å². The van der Waals surface area contributed by atoms with Gasteiger partial charge in [0.2, 0.25) is 5.91 Å². The fourth-order valence-corrected chi connectivity index (χ4v) is 6.27. The summed E-state index contributed by atoms with van der Waals surface area (Å²) in [6.45, 7) is 8.66. The van der Waals surface area contributed by atoms with E-state index < -0.39 is 40.8 Å². The van der Waals surface area contributed by atoms with Crippen LogP contribution in [0.1, 0.15) is 74.1 Å². The van der Waals surface area contributed by atoms with E-state index in [0.717, 1.165) is 22.9 Å². The number of nitrogens with zero attached hydrogens (tertiary/aromatic N) is 3. The van der Waals surface area contributed by atoms with Crippen LogP contribution in [-0.4, -0.2) is 46.5 Å².